The lowest BCUT2D eigenvalue weighted by molar-refractivity contribution is -0.132. The molecule has 2 rings (SSSR count). The lowest BCUT2D eigenvalue weighted by Gasteiger charge is -2.18. The first-order valence-corrected chi connectivity index (χ1v) is 9.28. The van der Waals surface area contributed by atoms with Crippen molar-refractivity contribution in [1.29, 1.82) is 0 Å². The average molecular weight is 382 g/mol. The molecule has 0 unspecified atom stereocenters. The summed E-state index contributed by atoms with van der Waals surface area (Å²) < 4.78 is 0. The van der Waals surface area contributed by atoms with Gasteiger partial charge in [0.05, 0.1) is 23.8 Å². The van der Waals surface area contributed by atoms with Gasteiger partial charge in [-0.25, -0.2) is 9.59 Å². The van der Waals surface area contributed by atoms with Gasteiger partial charge in [0, 0.05) is 30.4 Å². The standard InChI is InChI=1S/C21H26N4O3/c1-4-5-6-10-22-21(28)25(3)18-9-7-8-16(12-18)19-14-23-17(13-24-19)11-15(2)20(26)27/h7-9,11-14H,4-6,10H2,1-3H3,(H,22,28)(H,26,27). The number of hydrogen-bond donors (Lipinski definition) is 2. The minimum Gasteiger partial charge on any atom is -0.478 e. The number of rotatable bonds is 8. The Balaban J connectivity index is 2.11. The number of unbranched alkanes of at least 4 members (excludes halogenated alkanes) is 2. The minimum atomic E-state index is -0.991. The van der Waals surface area contributed by atoms with Crippen LogP contribution in [0.1, 0.15) is 38.8 Å². The zero-order chi connectivity index (χ0) is 20.5. The fraction of sp³-hybridized carbons (Fsp3) is 0.333. The average Bonchev–Trinajstić information content (AvgIpc) is 2.71. The van der Waals surface area contributed by atoms with Crippen LogP contribution in [0.3, 0.4) is 0 Å². The van der Waals surface area contributed by atoms with Crippen molar-refractivity contribution in [2.24, 2.45) is 0 Å². The Morgan fingerprint density at radius 2 is 2.00 bits per heavy atom. The van der Waals surface area contributed by atoms with E-state index in [4.69, 9.17) is 5.11 Å². The molecule has 1 heterocycles. The minimum absolute atomic E-state index is 0.149. The molecule has 2 N–H and O–H groups in total. The number of carboxylic acids is 1. The zero-order valence-corrected chi connectivity index (χ0v) is 16.5. The Kier molecular flexibility index (Phi) is 7.68. The van der Waals surface area contributed by atoms with Crippen LogP contribution in [0.25, 0.3) is 17.3 Å². The van der Waals surface area contributed by atoms with E-state index in [1.54, 1.807) is 18.1 Å². The normalized spacial score (nSPS) is 11.2. The van der Waals surface area contributed by atoms with E-state index in [-0.39, 0.29) is 11.6 Å². The molecule has 0 atom stereocenters. The third-order valence-electron chi connectivity index (χ3n) is 4.26. The van der Waals surface area contributed by atoms with Crippen molar-refractivity contribution < 1.29 is 14.7 Å². The van der Waals surface area contributed by atoms with Gasteiger partial charge in [-0.1, -0.05) is 31.9 Å². The predicted molar refractivity (Wildman–Crippen MR) is 110 cm³/mol. The van der Waals surface area contributed by atoms with Crippen molar-refractivity contribution in [3.8, 4) is 11.3 Å². The molecular weight excluding hydrogens is 356 g/mol. The molecule has 0 saturated carbocycles. The van der Waals surface area contributed by atoms with Gasteiger partial charge in [0.1, 0.15) is 0 Å². The fourth-order valence-electron chi connectivity index (χ4n) is 2.53. The summed E-state index contributed by atoms with van der Waals surface area (Å²) in [5.41, 5.74) is 2.88. The number of nitrogens with one attached hydrogen (secondary N) is 1. The second-order valence-corrected chi connectivity index (χ2v) is 6.51. The van der Waals surface area contributed by atoms with E-state index in [2.05, 4.69) is 22.2 Å². The molecule has 2 amide bonds. The number of hydrogen-bond acceptors (Lipinski definition) is 4. The molecule has 28 heavy (non-hydrogen) atoms. The number of benzene rings is 1. The summed E-state index contributed by atoms with van der Waals surface area (Å²) in [6.45, 7) is 4.29. The van der Waals surface area contributed by atoms with Gasteiger partial charge < -0.3 is 10.4 Å². The molecule has 0 fully saturated rings. The number of amides is 2. The molecule has 0 aliphatic rings. The van der Waals surface area contributed by atoms with E-state index in [0.717, 1.165) is 30.5 Å². The van der Waals surface area contributed by atoms with Crippen LogP contribution in [0, 0.1) is 0 Å². The highest BCUT2D eigenvalue weighted by Crippen LogP contribution is 2.22. The Hall–Kier alpha value is -3.22. The van der Waals surface area contributed by atoms with E-state index in [9.17, 15) is 9.59 Å². The van der Waals surface area contributed by atoms with Crippen molar-refractivity contribution in [1.82, 2.24) is 15.3 Å². The Bertz CT molecular complexity index is 847. The van der Waals surface area contributed by atoms with Gasteiger partial charge in [-0.05, 0) is 31.6 Å². The first-order chi connectivity index (χ1) is 13.4. The van der Waals surface area contributed by atoms with Crippen molar-refractivity contribution in [2.75, 3.05) is 18.5 Å². The fourth-order valence-corrected chi connectivity index (χ4v) is 2.53. The van der Waals surface area contributed by atoms with E-state index in [1.165, 1.54) is 19.2 Å². The van der Waals surface area contributed by atoms with Gasteiger partial charge in [0.25, 0.3) is 0 Å². The molecule has 0 radical (unpaired) electrons. The Morgan fingerprint density at radius 3 is 2.64 bits per heavy atom. The third-order valence-corrected chi connectivity index (χ3v) is 4.26. The van der Waals surface area contributed by atoms with Crippen LogP contribution in [0.15, 0.2) is 42.2 Å². The van der Waals surface area contributed by atoms with E-state index in [0.29, 0.717) is 17.9 Å². The summed E-state index contributed by atoms with van der Waals surface area (Å²) >= 11 is 0. The van der Waals surface area contributed by atoms with Crippen molar-refractivity contribution >= 4 is 23.8 Å². The molecule has 0 aliphatic heterocycles. The van der Waals surface area contributed by atoms with Crippen LogP contribution in [0.5, 0.6) is 0 Å². The molecule has 7 nitrogen and oxygen atoms in total. The van der Waals surface area contributed by atoms with Crippen LogP contribution in [0.4, 0.5) is 10.5 Å². The molecule has 0 spiro atoms. The summed E-state index contributed by atoms with van der Waals surface area (Å²) in [4.78, 5) is 33.4. The van der Waals surface area contributed by atoms with Crippen molar-refractivity contribution in [3.05, 3.63) is 47.9 Å². The van der Waals surface area contributed by atoms with E-state index >= 15 is 0 Å². The molecular formula is C21H26N4O3. The summed E-state index contributed by atoms with van der Waals surface area (Å²) in [6, 6.07) is 7.32. The first-order valence-electron chi connectivity index (χ1n) is 9.28. The second kappa shape index (κ2) is 10.2. The first kappa shape index (κ1) is 21.1. The molecule has 148 valence electrons. The predicted octanol–water partition coefficient (Wildman–Crippen LogP) is 3.97. The third kappa shape index (κ3) is 5.90. The SMILES string of the molecule is CCCCCNC(=O)N(C)c1cccc(-c2cnc(C=C(C)C(=O)O)cn2)c1. The maximum absolute atomic E-state index is 12.3. The van der Waals surface area contributed by atoms with Crippen LogP contribution in [-0.2, 0) is 4.79 Å². The quantitative estimate of drug-likeness (QED) is 0.532. The van der Waals surface area contributed by atoms with Gasteiger partial charge in [0.2, 0.25) is 0 Å². The van der Waals surface area contributed by atoms with E-state index in [1.807, 2.05) is 24.3 Å². The van der Waals surface area contributed by atoms with Crippen LogP contribution in [0.2, 0.25) is 0 Å². The highest BCUT2D eigenvalue weighted by atomic mass is 16.4. The summed E-state index contributed by atoms with van der Waals surface area (Å²) in [5, 5.41) is 11.8. The zero-order valence-electron chi connectivity index (χ0n) is 16.5. The molecule has 1 aromatic carbocycles. The van der Waals surface area contributed by atoms with Crippen LogP contribution >= 0.6 is 0 Å². The number of carboxylic acid groups (broad SMARTS) is 1. The van der Waals surface area contributed by atoms with Gasteiger partial charge >= 0.3 is 12.0 Å². The summed E-state index contributed by atoms with van der Waals surface area (Å²) in [6.07, 6.45) is 7.75. The molecule has 2 aromatic rings. The molecule has 0 saturated heterocycles. The monoisotopic (exact) mass is 382 g/mol. The smallest absolute Gasteiger partial charge is 0.331 e. The summed E-state index contributed by atoms with van der Waals surface area (Å²) in [5.74, 6) is -0.991. The van der Waals surface area contributed by atoms with Gasteiger partial charge in [-0.15, -0.1) is 0 Å². The largest absolute Gasteiger partial charge is 0.478 e. The lowest BCUT2D eigenvalue weighted by atomic mass is 10.1. The number of aromatic nitrogens is 2. The highest BCUT2D eigenvalue weighted by Gasteiger charge is 2.11. The maximum atomic E-state index is 12.3. The lowest BCUT2D eigenvalue weighted by Crippen LogP contribution is -2.37. The van der Waals surface area contributed by atoms with Gasteiger partial charge in [-0.2, -0.15) is 0 Å². The summed E-state index contributed by atoms with van der Waals surface area (Å²) in [7, 11) is 1.72. The number of carbonyl (C=O) groups is 2. The van der Waals surface area contributed by atoms with Crippen molar-refractivity contribution in [3.63, 3.8) is 0 Å². The maximum Gasteiger partial charge on any atom is 0.331 e. The second-order valence-electron chi connectivity index (χ2n) is 6.51. The number of nitrogens with zero attached hydrogens (tertiary/aromatic N) is 3. The number of carbonyl (C=O) groups excluding carboxylic acids is 1. The Morgan fingerprint density at radius 1 is 1.21 bits per heavy atom. The number of urea groups is 1. The molecule has 7 heteroatoms. The van der Waals surface area contributed by atoms with Crippen LogP contribution < -0.4 is 10.2 Å². The highest BCUT2D eigenvalue weighted by molar-refractivity contribution is 5.92. The Labute approximate surface area is 165 Å². The molecule has 0 aliphatic carbocycles. The van der Waals surface area contributed by atoms with Crippen molar-refractivity contribution in [2.45, 2.75) is 33.1 Å². The number of anilines is 1. The number of aliphatic carboxylic acids is 1. The topological polar surface area (TPSA) is 95.4 Å². The van der Waals surface area contributed by atoms with Gasteiger partial charge in [0.15, 0.2) is 0 Å². The molecule has 1 aromatic heterocycles. The van der Waals surface area contributed by atoms with Gasteiger partial charge in [-0.3, -0.25) is 14.9 Å². The van der Waals surface area contributed by atoms with Crippen LogP contribution in [-0.4, -0.2) is 40.7 Å². The molecule has 0 bridgehead atoms. The van der Waals surface area contributed by atoms with E-state index < -0.39 is 5.97 Å².